The Labute approximate surface area is 108 Å². The van der Waals surface area contributed by atoms with Gasteiger partial charge in [0.2, 0.25) is 0 Å². The number of anilines is 1. The summed E-state index contributed by atoms with van der Waals surface area (Å²) in [4.78, 5) is 18.5. The van der Waals surface area contributed by atoms with Crippen LogP contribution in [-0.2, 0) is 6.42 Å². The topological polar surface area (TPSA) is 78.0 Å². The maximum absolute atomic E-state index is 11.5. The lowest BCUT2D eigenvalue weighted by Crippen LogP contribution is -2.35. The molecule has 1 aromatic heterocycles. The number of aromatic nitrogens is 2. The van der Waals surface area contributed by atoms with Crippen molar-refractivity contribution in [3.63, 3.8) is 0 Å². The molecule has 0 saturated carbocycles. The van der Waals surface area contributed by atoms with E-state index in [1.165, 1.54) is 6.07 Å². The normalized spacial score (nSPS) is 13.4. The summed E-state index contributed by atoms with van der Waals surface area (Å²) in [6, 6.07) is 1.52. The third-order valence-corrected chi connectivity index (χ3v) is 2.91. The summed E-state index contributed by atoms with van der Waals surface area (Å²) in [6.45, 7) is 8.33. The van der Waals surface area contributed by atoms with E-state index in [4.69, 9.17) is 5.11 Å². The summed E-state index contributed by atoms with van der Waals surface area (Å²) >= 11 is 0. The summed E-state index contributed by atoms with van der Waals surface area (Å²) in [7, 11) is 0. The number of aryl methyl sites for hydroxylation is 1. The average molecular weight is 253 g/mol. The molecule has 1 rings (SSSR count). The number of H-pyrrole nitrogens is 1. The van der Waals surface area contributed by atoms with Gasteiger partial charge in [-0.15, -0.1) is 0 Å². The minimum atomic E-state index is -0.152. The van der Waals surface area contributed by atoms with Crippen molar-refractivity contribution in [1.29, 1.82) is 0 Å². The first kappa shape index (κ1) is 14.7. The minimum absolute atomic E-state index is 0.0145. The summed E-state index contributed by atoms with van der Waals surface area (Å²) in [5, 5.41) is 12.3. The quantitative estimate of drug-likeness (QED) is 0.744. The van der Waals surface area contributed by atoms with Crippen molar-refractivity contribution in [2.24, 2.45) is 5.41 Å². The lowest BCUT2D eigenvalue weighted by Gasteiger charge is -2.31. The number of nitrogens with one attached hydrogen (secondary N) is 2. The van der Waals surface area contributed by atoms with Crippen LogP contribution >= 0.6 is 0 Å². The summed E-state index contributed by atoms with van der Waals surface area (Å²) in [5.41, 5.74) is -0.166. The van der Waals surface area contributed by atoms with Crippen LogP contribution < -0.4 is 10.9 Å². The van der Waals surface area contributed by atoms with Gasteiger partial charge in [-0.2, -0.15) is 0 Å². The molecule has 0 aliphatic carbocycles. The molecule has 0 bridgehead atoms. The van der Waals surface area contributed by atoms with Crippen molar-refractivity contribution >= 4 is 5.82 Å². The van der Waals surface area contributed by atoms with Gasteiger partial charge < -0.3 is 15.4 Å². The zero-order valence-electron chi connectivity index (χ0n) is 11.6. The number of aliphatic hydroxyl groups is 1. The molecule has 3 N–H and O–H groups in total. The molecule has 5 heteroatoms. The van der Waals surface area contributed by atoms with Gasteiger partial charge in [0.05, 0.1) is 0 Å². The van der Waals surface area contributed by atoms with E-state index in [-0.39, 0.29) is 23.6 Å². The summed E-state index contributed by atoms with van der Waals surface area (Å²) in [5.74, 6) is 1.24. The molecular formula is C13H23N3O2. The first-order valence-corrected chi connectivity index (χ1v) is 6.34. The fraction of sp³-hybridized carbons (Fsp3) is 0.692. The Bertz CT molecular complexity index is 435. The van der Waals surface area contributed by atoms with Crippen molar-refractivity contribution in [3.8, 4) is 0 Å². The lowest BCUT2D eigenvalue weighted by molar-refractivity contribution is 0.235. The van der Waals surface area contributed by atoms with Crippen molar-refractivity contribution < 1.29 is 5.11 Å². The Hall–Kier alpha value is -1.36. The predicted molar refractivity (Wildman–Crippen MR) is 72.8 cm³/mol. The van der Waals surface area contributed by atoms with E-state index >= 15 is 0 Å². The monoisotopic (exact) mass is 253 g/mol. The van der Waals surface area contributed by atoms with Crippen LogP contribution in [0.3, 0.4) is 0 Å². The number of hydrogen-bond acceptors (Lipinski definition) is 4. The second-order valence-electron chi connectivity index (χ2n) is 5.51. The largest absolute Gasteiger partial charge is 0.396 e. The Balaban J connectivity index is 2.93. The molecule has 1 aromatic rings. The van der Waals surface area contributed by atoms with E-state index < -0.39 is 0 Å². The molecule has 0 aliphatic rings. The number of nitrogens with zero attached hydrogens (tertiary/aromatic N) is 1. The minimum Gasteiger partial charge on any atom is -0.396 e. The van der Waals surface area contributed by atoms with Crippen LogP contribution in [0.5, 0.6) is 0 Å². The van der Waals surface area contributed by atoms with Gasteiger partial charge >= 0.3 is 0 Å². The molecule has 0 fully saturated rings. The third kappa shape index (κ3) is 4.14. The number of aliphatic hydroxyl groups excluding tert-OH is 1. The predicted octanol–water partition coefficient (Wildman–Crippen LogP) is 1.54. The molecule has 0 amide bonds. The SMILES string of the molecule is CCc1nc(NC(CCO)C(C)(C)C)cc(=O)[nH]1. The third-order valence-electron chi connectivity index (χ3n) is 2.91. The molecular weight excluding hydrogens is 230 g/mol. The van der Waals surface area contributed by atoms with Gasteiger partial charge in [0.25, 0.3) is 5.56 Å². The first-order chi connectivity index (χ1) is 8.36. The van der Waals surface area contributed by atoms with Crippen LogP contribution in [0.2, 0.25) is 0 Å². The molecule has 0 aliphatic heterocycles. The van der Waals surface area contributed by atoms with E-state index in [0.717, 1.165) is 0 Å². The number of hydrogen-bond donors (Lipinski definition) is 3. The smallest absolute Gasteiger partial charge is 0.252 e. The maximum Gasteiger partial charge on any atom is 0.252 e. The van der Waals surface area contributed by atoms with Gasteiger partial charge in [-0.3, -0.25) is 4.79 Å². The Morgan fingerprint density at radius 2 is 2.17 bits per heavy atom. The molecule has 0 radical (unpaired) electrons. The van der Waals surface area contributed by atoms with E-state index in [9.17, 15) is 4.79 Å². The highest BCUT2D eigenvalue weighted by Crippen LogP contribution is 2.24. The van der Waals surface area contributed by atoms with E-state index in [1.54, 1.807) is 0 Å². The van der Waals surface area contributed by atoms with Crippen molar-refractivity contribution in [1.82, 2.24) is 9.97 Å². The standard InChI is InChI=1S/C13H23N3O2/c1-5-10-15-11(8-12(18)16-10)14-9(6-7-17)13(2,3)4/h8-9,17H,5-7H2,1-4H3,(H2,14,15,16,18). The van der Waals surface area contributed by atoms with Crippen LogP contribution in [0.25, 0.3) is 0 Å². The molecule has 0 aromatic carbocycles. The molecule has 1 unspecified atom stereocenters. The van der Waals surface area contributed by atoms with Crippen LogP contribution in [0.15, 0.2) is 10.9 Å². The summed E-state index contributed by atoms with van der Waals surface area (Å²) < 4.78 is 0. The highest BCUT2D eigenvalue weighted by molar-refractivity contribution is 5.35. The number of aromatic amines is 1. The second-order valence-corrected chi connectivity index (χ2v) is 5.51. The van der Waals surface area contributed by atoms with Gasteiger partial charge in [0.1, 0.15) is 11.6 Å². The molecule has 102 valence electrons. The Morgan fingerprint density at radius 1 is 1.50 bits per heavy atom. The lowest BCUT2D eigenvalue weighted by atomic mass is 9.85. The molecule has 18 heavy (non-hydrogen) atoms. The van der Waals surface area contributed by atoms with Crippen molar-refractivity contribution in [2.75, 3.05) is 11.9 Å². The average Bonchev–Trinajstić information content (AvgIpc) is 2.26. The maximum atomic E-state index is 11.5. The Morgan fingerprint density at radius 3 is 2.67 bits per heavy atom. The van der Waals surface area contributed by atoms with Crippen LogP contribution in [0.4, 0.5) is 5.82 Å². The molecule has 0 spiro atoms. The highest BCUT2D eigenvalue weighted by atomic mass is 16.3. The fourth-order valence-electron chi connectivity index (χ4n) is 1.78. The van der Waals surface area contributed by atoms with E-state index in [0.29, 0.717) is 24.5 Å². The van der Waals surface area contributed by atoms with E-state index in [2.05, 4.69) is 36.1 Å². The van der Waals surface area contributed by atoms with Gasteiger partial charge in [-0.1, -0.05) is 27.7 Å². The highest BCUT2D eigenvalue weighted by Gasteiger charge is 2.24. The van der Waals surface area contributed by atoms with Crippen molar-refractivity contribution in [2.45, 2.75) is 46.6 Å². The molecule has 0 saturated heterocycles. The molecule has 1 atom stereocenters. The molecule has 5 nitrogen and oxygen atoms in total. The van der Waals surface area contributed by atoms with Gasteiger partial charge in [-0.05, 0) is 11.8 Å². The zero-order chi connectivity index (χ0) is 13.8. The van der Waals surface area contributed by atoms with Gasteiger partial charge in [-0.25, -0.2) is 4.98 Å². The fourth-order valence-corrected chi connectivity index (χ4v) is 1.78. The van der Waals surface area contributed by atoms with Gasteiger partial charge in [0.15, 0.2) is 0 Å². The molecule has 1 heterocycles. The summed E-state index contributed by atoms with van der Waals surface area (Å²) in [6.07, 6.45) is 1.31. The Kier molecular flexibility index (Phi) is 4.90. The zero-order valence-corrected chi connectivity index (χ0v) is 11.6. The second kappa shape index (κ2) is 6.00. The van der Waals surface area contributed by atoms with Crippen LogP contribution in [-0.4, -0.2) is 27.7 Å². The van der Waals surface area contributed by atoms with Crippen LogP contribution in [0.1, 0.15) is 39.9 Å². The first-order valence-electron chi connectivity index (χ1n) is 6.34. The number of rotatable bonds is 5. The van der Waals surface area contributed by atoms with Crippen molar-refractivity contribution in [3.05, 3.63) is 22.2 Å². The van der Waals surface area contributed by atoms with E-state index in [1.807, 2.05) is 6.92 Å². The van der Waals surface area contributed by atoms with Crippen LogP contribution in [0, 0.1) is 5.41 Å². The van der Waals surface area contributed by atoms with Gasteiger partial charge in [0, 0.05) is 25.1 Å².